The maximum atomic E-state index is 12.0. The number of hydrogen-bond donors (Lipinski definition) is 3. The van der Waals surface area contributed by atoms with Gasteiger partial charge in [-0.1, -0.05) is 29.8 Å². The Morgan fingerprint density at radius 3 is 2.38 bits per heavy atom. The summed E-state index contributed by atoms with van der Waals surface area (Å²) in [5, 5.41) is 5.62. The lowest BCUT2D eigenvalue weighted by Crippen LogP contribution is -2.21. The van der Waals surface area contributed by atoms with Gasteiger partial charge in [0.1, 0.15) is 0 Å². The Balaban J connectivity index is 2.11. The standard InChI is InChI=1S/C15H14ClN3O2/c16-12-8-11(18-14(20)9-17)6-7-13(12)19-15(21)10-4-2-1-3-5-10/h1-8H,9,17H2,(H,18,20)(H,19,21). The Morgan fingerprint density at radius 2 is 1.76 bits per heavy atom. The molecule has 6 heteroatoms. The molecule has 0 aliphatic heterocycles. The molecule has 0 heterocycles. The highest BCUT2D eigenvalue weighted by atomic mass is 35.5. The van der Waals surface area contributed by atoms with Crippen molar-refractivity contribution in [3.63, 3.8) is 0 Å². The van der Waals surface area contributed by atoms with E-state index in [-0.39, 0.29) is 18.4 Å². The van der Waals surface area contributed by atoms with Crippen LogP contribution in [0.5, 0.6) is 0 Å². The summed E-state index contributed by atoms with van der Waals surface area (Å²) in [6.07, 6.45) is 0. The number of nitrogens with two attached hydrogens (primary N) is 1. The van der Waals surface area contributed by atoms with E-state index in [1.54, 1.807) is 42.5 Å². The molecule has 5 nitrogen and oxygen atoms in total. The highest BCUT2D eigenvalue weighted by Gasteiger charge is 2.09. The van der Waals surface area contributed by atoms with Crippen LogP contribution in [0.1, 0.15) is 10.4 Å². The molecule has 0 spiro atoms. The third kappa shape index (κ3) is 4.05. The minimum Gasteiger partial charge on any atom is -0.325 e. The van der Waals surface area contributed by atoms with Crippen molar-refractivity contribution >= 4 is 34.8 Å². The average Bonchev–Trinajstić information content (AvgIpc) is 2.50. The third-order valence-corrected chi connectivity index (χ3v) is 3.04. The smallest absolute Gasteiger partial charge is 0.255 e. The van der Waals surface area contributed by atoms with Gasteiger partial charge in [0.05, 0.1) is 17.3 Å². The zero-order valence-electron chi connectivity index (χ0n) is 11.1. The molecule has 0 aromatic heterocycles. The Morgan fingerprint density at radius 1 is 1.05 bits per heavy atom. The lowest BCUT2D eigenvalue weighted by atomic mass is 10.2. The molecule has 0 saturated carbocycles. The minimum atomic E-state index is -0.313. The van der Waals surface area contributed by atoms with Gasteiger partial charge in [-0.15, -0.1) is 0 Å². The van der Waals surface area contributed by atoms with E-state index in [2.05, 4.69) is 10.6 Å². The van der Waals surface area contributed by atoms with Crippen LogP contribution in [-0.2, 0) is 4.79 Å². The van der Waals surface area contributed by atoms with Crippen molar-refractivity contribution in [3.05, 3.63) is 59.1 Å². The van der Waals surface area contributed by atoms with Crippen LogP contribution in [0.15, 0.2) is 48.5 Å². The third-order valence-electron chi connectivity index (χ3n) is 2.72. The molecule has 0 aliphatic rings. The van der Waals surface area contributed by atoms with Crippen molar-refractivity contribution in [1.82, 2.24) is 0 Å². The van der Waals surface area contributed by atoms with Gasteiger partial charge in [-0.05, 0) is 30.3 Å². The zero-order chi connectivity index (χ0) is 15.2. The first-order chi connectivity index (χ1) is 10.1. The van der Waals surface area contributed by atoms with Crippen molar-refractivity contribution in [3.8, 4) is 0 Å². The second-order valence-electron chi connectivity index (χ2n) is 4.27. The maximum Gasteiger partial charge on any atom is 0.255 e. The number of carbonyl (C=O) groups excluding carboxylic acids is 2. The Hall–Kier alpha value is -2.37. The molecule has 2 aromatic carbocycles. The van der Waals surface area contributed by atoms with Crippen LogP contribution in [0.2, 0.25) is 5.02 Å². The molecule has 108 valence electrons. The molecule has 2 aromatic rings. The topological polar surface area (TPSA) is 84.2 Å². The van der Waals surface area contributed by atoms with Gasteiger partial charge in [-0.2, -0.15) is 0 Å². The quantitative estimate of drug-likeness (QED) is 0.811. The van der Waals surface area contributed by atoms with Gasteiger partial charge in [-0.25, -0.2) is 0 Å². The van der Waals surface area contributed by atoms with E-state index < -0.39 is 0 Å². The first-order valence-corrected chi connectivity index (χ1v) is 6.64. The number of benzene rings is 2. The Bertz CT molecular complexity index is 659. The number of rotatable bonds is 4. The molecule has 4 N–H and O–H groups in total. The lowest BCUT2D eigenvalue weighted by molar-refractivity contribution is -0.114. The van der Waals surface area contributed by atoms with E-state index in [9.17, 15) is 9.59 Å². The molecule has 2 amide bonds. The van der Waals surface area contributed by atoms with Crippen molar-refractivity contribution in [1.29, 1.82) is 0 Å². The van der Waals surface area contributed by atoms with Crippen LogP contribution < -0.4 is 16.4 Å². The number of halogens is 1. The summed E-state index contributed by atoms with van der Waals surface area (Å²) in [5.41, 5.74) is 6.74. The molecule has 0 saturated heterocycles. The molecule has 0 radical (unpaired) electrons. The highest BCUT2D eigenvalue weighted by Crippen LogP contribution is 2.26. The predicted octanol–water partition coefficient (Wildman–Crippen LogP) is 2.49. The van der Waals surface area contributed by atoms with Crippen LogP contribution >= 0.6 is 11.6 Å². The Labute approximate surface area is 127 Å². The molecule has 0 bridgehead atoms. The molecular weight excluding hydrogens is 290 g/mol. The number of hydrogen-bond acceptors (Lipinski definition) is 3. The van der Waals surface area contributed by atoms with Gasteiger partial charge < -0.3 is 16.4 Å². The fourth-order valence-electron chi connectivity index (χ4n) is 1.69. The second-order valence-corrected chi connectivity index (χ2v) is 4.67. The van der Waals surface area contributed by atoms with Gasteiger partial charge in [0, 0.05) is 11.3 Å². The van der Waals surface area contributed by atoms with Crippen LogP contribution in [-0.4, -0.2) is 18.4 Å². The van der Waals surface area contributed by atoms with Gasteiger partial charge in [0.2, 0.25) is 5.91 Å². The van der Waals surface area contributed by atoms with Crippen LogP contribution in [0.3, 0.4) is 0 Å². The van der Waals surface area contributed by atoms with Gasteiger partial charge in [0.15, 0.2) is 0 Å². The summed E-state index contributed by atoms with van der Waals surface area (Å²) in [7, 11) is 0. The van der Waals surface area contributed by atoms with E-state index in [4.69, 9.17) is 17.3 Å². The summed E-state index contributed by atoms with van der Waals surface area (Å²) in [5.74, 6) is -0.566. The normalized spacial score (nSPS) is 10.0. The van der Waals surface area contributed by atoms with Crippen LogP contribution in [0.25, 0.3) is 0 Å². The van der Waals surface area contributed by atoms with Crippen molar-refractivity contribution in [2.75, 3.05) is 17.2 Å². The average molecular weight is 304 g/mol. The summed E-state index contributed by atoms with van der Waals surface area (Å²) in [4.78, 5) is 23.2. The summed E-state index contributed by atoms with van der Waals surface area (Å²) < 4.78 is 0. The van der Waals surface area contributed by atoms with Crippen LogP contribution in [0.4, 0.5) is 11.4 Å². The molecule has 0 unspecified atom stereocenters. The first kappa shape index (κ1) is 15.0. The molecular formula is C15H14ClN3O2. The summed E-state index contributed by atoms with van der Waals surface area (Å²) >= 11 is 6.09. The van der Waals surface area contributed by atoms with Crippen molar-refractivity contribution < 1.29 is 9.59 Å². The van der Waals surface area contributed by atoms with E-state index in [1.165, 1.54) is 0 Å². The van der Waals surface area contributed by atoms with Crippen molar-refractivity contribution in [2.24, 2.45) is 5.73 Å². The van der Waals surface area contributed by atoms with Crippen LogP contribution in [0, 0.1) is 0 Å². The molecule has 0 fully saturated rings. The fraction of sp³-hybridized carbons (Fsp3) is 0.0667. The highest BCUT2D eigenvalue weighted by molar-refractivity contribution is 6.34. The molecule has 0 aliphatic carbocycles. The van der Waals surface area contributed by atoms with E-state index >= 15 is 0 Å². The molecule has 21 heavy (non-hydrogen) atoms. The van der Waals surface area contributed by atoms with Gasteiger partial charge >= 0.3 is 0 Å². The summed E-state index contributed by atoms with van der Waals surface area (Å²) in [6, 6.07) is 13.6. The fourth-order valence-corrected chi connectivity index (χ4v) is 1.92. The number of amides is 2. The van der Waals surface area contributed by atoms with E-state index in [0.29, 0.717) is 22.0 Å². The number of anilines is 2. The number of carbonyl (C=O) groups is 2. The largest absolute Gasteiger partial charge is 0.325 e. The zero-order valence-corrected chi connectivity index (χ0v) is 11.9. The first-order valence-electron chi connectivity index (χ1n) is 6.26. The van der Waals surface area contributed by atoms with Crippen molar-refractivity contribution in [2.45, 2.75) is 0 Å². The van der Waals surface area contributed by atoms with Gasteiger partial charge in [0.25, 0.3) is 5.91 Å². The Kier molecular flexibility index (Phi) is 4.92. The van der Waals surface area contributed by atoms with E-state index in [1.807, 2.05) is 6.07 Å². The monoisotopic (exact) mass is 303 g/mol. The number of nitrogens with one attached hydrogen (secondary N) is 2. The maximum absolute atomic E-state index is 12.0. The predicted molar refractivity (Wildman–Crippen MR) is 83.5 cm³/mol. The van der Waals surface area contributed by atoms with E-state index in [0.717, 1.165) is 0 Å². The minimum absolute atomic E-state index is 0.107. The summed E-state index contributed by atoms with van der Waals surface area (Å²) in [6.45, 7) is -0.107. The SMILES string of the molecule is NCC(=O)Nc1ccc(NC(=O)c2ccccc2)c(Cl)c1. The lowest BCUT2D eigenvalue weighted by Gasteiger charge is -2.09. The second kappa shape index (κ2) is 6.88. The molecule has 2 rings (SSSR count). The van der Waals surface area contributed by atoms with Gasteiger partial charge in [-0.3, -0.25) is 9.59 Å². The molecule has 0 atom stereocenters.